The summed E-state index contributed by atoms with van der Waals surface area (Å²) in [5.74, 6) is 1.10. The van der Waals surface area contributed by atoms with Gasteiger partial charge in [0.25, 0.3) is 0 Å². The summed E-state index contributed by atoms with van der Waals surface area (Å²) in [5, 5.41) is 3.68. The number of halogens is 2. The Morgan fingerprint density at radius 1 is 1.13 bits per heavy atom. The standard InChI is InChI=1S/C22H18ClFN6O/c1-14-12-29(13-26-14)19-7-6-15(10-17(19)24)27-22-25-11-20-21(28-22)30(8-9-31-20)18-5-3-2-4-16(18)23/h2-7,10-13H,8-9H2,1H3,(H,25,27,28). The fourth-order valence-corrected chi connectivity index (χ4v) is 3.69. The second-order valence-corrected chi connectivity index (χ2v) is 7.45. The van der Waals surface area contributed by atoms with Gasteiger partial charge in [0.05, 0.1) is 41.2 Å². The molecule has 0 saturated heterocycles. The predicted octanol–water partition coefficient (Wildman–Crippen LogP) is 5.04. The largest absolute Gasteiger partial charge is 0.486 e. The highest BCUT2D eigenvalue weighted by Crippen LogP contribution is 2.38. The van der Waals surface area contributed by atoms with Gasteiger partial charge in [-0.05, 0) is 37.3 Å². The molecule has 0 radical (unpaired) electrons. The molecule has 0 saturated carbocycles. The third-order valence-corrected chi connectivity index (χ3v) is 5.22. The average molecular weight is 437 g/mol. The topological polar surface area (TPSA) is 68.1 Å². The van der Waals surface area contributed by atoms with Crippen molar-refractivity contribution in [1.82, 2.24) is 19.5 Å². The maximum Gasteiger partial charge on any atom is 0.229 e. The van der Waals surface area contributed by atoms with E-state index in [4.69, 9.17) is 16.3 Å². The van der Waals surface area contributed by atoms with Crippen molar-refractivity contribution < 1.29 is 9.13 Å². The second kappa shape index (κ2) is 7.88. The van der Waals surface area contributed by atoms with Gasteiger partial charge in [-0.15, -0.1) is 0 Å². The summed E-state index contributed by atoms with van der Waals surface area (Å²) < 4.78 is 22.0. The molecule has 0 aliphatic carbocycles. The Morgan fingerprint density at radius 2 is 2.00 bits per heavy atom. The van der Waals surface area contributed by atoms with E-state index in [1.165, 1.54) is 6.07 Å². The van der Waals surface area contributed by atoms with Gasteiger partial charge in [0.15, 0.2) is 11.6 Å². The first-order chi connectivity index (χ1) is 15.1. The molecular weight excluding hydrogens is 419 g/mol. The van der Waals surface area contributed by atoms with Crippen molar-refractivity contribution >= 4 is 34.7 Å². The van der Waals surface area contributed by atoms with Crippen LogP contribution < -0.4 is 15.0 Å². The molecule has 0 spiro atoms. The van der Waals surface area contributed by atoms with E-state index in [2.05, 4.69) is 20.3 Å². The number of para-hydroxylation sites is 1. The van der Waals surface area contributed by atoms with E-state index in [1.807, 2.05) is 36.1 Å². The molecule has 156 valence electrons. The smallest absolute Gasteiger partial charge is 0.229 e. The Balaban J connectivity index is 1.44. The first-order valence-corrected chi connectivity index (χ1v) is 10.1. The lowest BCUT2D eigenvalue weighted by Gasteiger charge is -2.30. The van der Waals surface area contributed by atoms with E-state index >= 15 is 0 Å². The second-order valence-electron chi connectivity index (χ2n) is 7.05. The summed E-state index contributed by atoms with van der Waals surface area (Å²) in [6, 6.07) is 12.4. The number of nitrogens with one attached hydrogen (secondary N) is 1. The number of fused-ring (bicyclic) bond motifs is 1. The summed E-state index contributed by atoms with van der Waals surface area (Å²) in [6.45, 7) is 2.95. The molecule has 0 atom stereocenters. The zero-order chi connectivity index (χ0) is 21.4. The van der Waals surface area contributed by atoms with Gasteiger partial charge in [-0.1, -0.05) is 23.7 Å². The molecule has 2 aromatic carbocycles. The first kappa shape index (κ1) is 19.3. The quantitative estimate of drug-likeness (QED) is 0.483. The Labute approximate surface area is 183 Å². The lowest BCUT2D eigenvalue weighted by molar-refractivity contribution is 0.310. The van der Waals surface area contributed by atoms with E-state index in [0.717, 1.165) is 11.4 Å². The fourth-order valence-electron chi connectivity index (χ4n) is 3.45. The number of imidazole rings is 1. The van der Waals surface area contributed by atoms with Gasteiger partial charge in [-0.3, -0.25) is 0 Å². The average Bonchev–Trinajstić information content (AvgIpc) is 3.20. The zero-order valence-electron chi connectivity index (χ0n) is 16.6. The van der Waals surface area contributed by atoms with Crippen LogP contribution in [0.3, 0.4) is 0 Å². The number of hydrogen-bond acceptors (Lipinski definition) is 6. The molecule has 1 N–H and O–H groups in total. The Morgan fingerprint density at radius 3 is 2.77 bits per heavy atom. The minimum Gasteiger partial charge on any atom is -0.486 e. The molecule has 0 bridgehead atoms. The molecule has 3 heterocycles. The van der Waals surface area contributed by atoms with Gasteiger partial charge in [-0.25, -0.2) is 14.4 Å². The van der Waals surface area contributed by atoms with E-state index in [-0.39, 0.29) is 5.82 Å². The summed E-state index contributed by atoms with van der Waals surface area (Å²) >= 11 is 6.39. The lowest BCUT2D eigenvalue weighted by atomic mass is 10.2. The van der Waals surface area contributed by atoms with Gasteiger partial charge in [-0.2, -0.15) is 4.98 Å². The van der Waals surface area contributed by atoms with Crippen molar-refractivity contribution in [3.8, 4) is 11.4 Å². The first-order valence-electron chi connectivity index (χ1n) is 9.68. The summed E-state index contributed by atoms with van der Waals surface area (Å²) in [6.07, 6.45) is 4.95. The number of rotatable bonds is 4. The van der Waals surface area contributed by atoms with E-state index in [0.29, 0.717) is 47.1 Å². The minimum atomic E-state index is -0.388. The highest BCUT2D eigenvalue weighted by atomic mass is 35.5. The van der Waals surface area contributed by atoms with Crippen molar-refractivity contribution in [2.75, 3.05) is 23.4 Å². The highest BCUT2D eigenvalue weighted by Gasteiger charge is 2.24. The number of aromatic nitrogens is 4. The van der Waals surface area contributed by atoms with Crippen LogP contribution in [0.5, 0.6) is 5.75 Å². The third-order valence-electron chi connectivity index (χ3n) is 4.90. The lowest BCUT2D eigenvalue weighted by Crippen LogP contribution is -2.30. The molecule has 1 aliphatic rings. The van der Waals surface area contributed by atoms with Crippen molar-refractivity contribution in [3.05, 3.63) is 77.7 Å². The predicted molar refractivity (Wildman–Crippen MR) is 118 cm³/mol. The number of aryl methyl sites for hydroxylation is 1. The molecular formula is C22H18ClFN6O. The summed E-state index contributed by atoms with van der Waals surface area (Å²) in [7, 11) is 0. The molecule has 4 aromatic rings. The molecule has 31 heavy (non-hydrogen) atoms. The van der Waals surface area contributed by atoms with Crippen LogP contribution in [0.15, 0.2) is 61.2 Å². The Hall–Kier alpha value is -3.65. The van der Waals surface area contributed by atoms with Gasteiger partial charge in [0.1, 0.15) is 12.4 Å². The van der Waals surface area contributed by atoms with Crippen LogP contribution in [-0.2, 0) is 0 Å². The number of nitrogens with zero attached hydrogens (tertiary/aromatic N) is 5. The van der Waals surface area contributed by atoms with Crippen molar-refractivity contribution in [2.24, 2.45) is 0 Å². The molecule has 2 aromatic heterocycles. The van der Waals surface area contributed by atoms with Gasteiger partial charge in [0, 0.05) is 11.9 Å². The summed E-state index contributed by atoms with van der Waals surface area (Å²) in [4.78, 5) is 15.0. The molecule has 1 aliphatic heterocycles. The summed E-state index contributed by atoms with van der Waals surface area (Å²) in [5.41, 5.74) is 2.59. The van der Waals surface area contributed by atoms with E-state index in [9.17, 15) is 4.39 Å². The Kier molecular flexibility index (Phi) is 4.91. The monoisotopic (exact) mass is 436 g/mol. The number of hydrogen-bond donors (Lipinski definition) is 1. The maximum absolute atomic E-state index is 14.7. The van der Waals surface area contributed by atoms with Crippen LogP contribution in [-0.4, -0.2) is 32.7 Å². The van der Waals surface area contributed by atoms with Crippen LogP contribution in [0.2, 0.25) is 5.02 Å². The van der Waals surface area contributed by atoms with Crippen LogP contribution in [0.1, 0.15) is 5.69 Å². The molecule has 0 fully saturated rings. The van der Waals surface area contributed by atoms with E-state index in [1.54, 1.807) is 35.4 Å². The van der Waals surface area contributed by atoms with Crippen molar-refractivity contribution in [2.45, 2.75) is 6.92 Å². The molecule has 5 rings (SSSR count). The van der Waals surface area contributed by atoms with Gasteiger partial charge in [0.2, 0.25) is 5.95 Å². The van der Waals surface area contributed by atoms with Crippen molar-refractivity contribution in [1.29, 1.82) is 0 Å². The normalized spacial score (nSPS) is 12.9. The van der Waals surface area contributed by atoms with Crippen molar-refractivity contribution in [3.63, 3.8) is 0 Å². The van der Waals surface area contributed by atoms with Crippen LogP contribution in [0.25, 0.3) is 5.69 Å². The Bertz CT molecular complexity index is 1260. The molecule has 0 amide bonds. The number of anilines is 4. The maximum atomic E-state index is 14.7. The van der Waals surface area contributed by atoms with Gasteiger partial charge >= 0.3 is 0 Å². The SMILES string of the molecule is Cc1cn(-c2ccc(Nc3ncc4c(n3)N(c3ccccc3Cl)CCO4)cc2F)cn1. The van der Waals surface area contributed by atoms with Crippen LogP contribution in [0.4, 0.5) is 27.5 Å². The number of ether oxygens (including phenoxy) is 1. The number of benzene rings is 2. The third kappa shape index (κ3) is 3.77. The van der Waals surface area contributed by atoms with Crippen LogP contribution >= 0.6 is 11.6 Å². The molecule has 7 nitrogen and oxygen atoms in total. The molecule has 0 unspecified atom stereocenters. The highest BCUT2D eigenvalue weighted by molar-refractivity contribution is 6.33. The van der Waals surface area contributed by atoms with E-state index < -0.39 is 0 Å². The minimum absolute atomic E-state index is 0.326. The zero-order valence-corrected chi connectivity index (χ0v) is 17.3. The fraction of sp³-hybridized carbons (Fsp3) is 0.136. The van der Waals surface area contributed by atoms with Crippen LogP contribution in [0, 0.1) is 12.7 Å². The van der Waals surface area contributed by atoms with Gasteiger partial charge < -0.3 is 19.5 Å². The molecule has 9 heteroatoms.